The maximum atomic E-state index is 5.65. The fourth-order valence-electron chi connectivity index (χ4n) is 1.92. The van der Waals surface area contributed by atoms with Crippen LogP contribution in [0.1, 0.15) is 19.8 Å². The summed E-state index contributed by atoms with van der Waals surface area (Å²) in [6.07, 6.45) is 2.40. The van der Waals surface area contributed by atoms with Crippen LogP contribution in [0.4, 0.5) is 0 Å². The summed E-state index contributed by atoms with van der Waals surface area (Å²) in [5.74, 6) is 0.808. The quantitative estimate of drug-likeness (QED) is 0.508. The average molecular weight is 205 g/mol. The summed E-state index contributed by atoms with van der Waals surface area (Å²) in [6, 6.07) is 0.717. The van der Waals surface area contributed by atoms with Gasteiger partial charge in [0.05, 0.1) is 0 Å². The van der Waals surface area contributed by atoms with E-state index in [2.05, 4.69) is 23.8 Å². The molecule has 0 amide bonds. The molecule has 0 spiro atoms. The van der Waals surface area contributed by atoms with Gasteiger partial charge in [0.15, 0.2) is 0 Å². The lowest BCUT2D eigenvalue weighted by molar-refractivity contribution is 0.0990. The largest absolute Gasteiger partial charge is 0.304 e. The minimum Gasteiger partial charge on any atom is -0.304 e. The Hall–Kier alpha value is 0.210. The van der Waals surface area contributed by atoms with Gasteiger partial charge < -0.3 is 4.90 Å². The van der Waals surface area contributed by atoms with Gasteiger partial charge in [-0.05, 0) is 33.4 Å². The molecular formula is C10H21ClN2. The van der Waals surface area contributed by atoms with Gasteiger partial charge >= 0.3 is 0 Å². The van der Waals surface area contributed by atoms with Crippen LogP contribution in [0, 0.1) is 0 Å². The molecule has 0 aromatic rings. The molecule has 1 rings (SSSR count). The maximum Gasteiger partial charge on any atom is 0.0223 e. The molecule has 1 unspecified atom stereocenters. The van der Waals surface area contributed by atoms with Crippen molar-refractivity contribution in [1.29, 1.82) is 0 Å². The summed E-state index contributed by atoms with van der Waals surface area (Å²) in [6.45, 7) is 7.18. The van der Waals surface area contributed by atoms with E-state index in [0.717, 1.165) is 12.3 Å². The summed E-state index contributed by atoms with van der Waals surface area (Å²) >= 11 is 5.65. The van der Waals surface area contributed by atoms with Gasteiger partial charge in [-0.15, -0.1) is 11.6 Å². The summed E-state index contributed by atoms with van der Waals surface area (Å²) in [7, 11) is 2.20. The summed E-state index contributed by atoms with van der Waals surface area (Å²) in [4.78, 5) is 4.98. The number of hydrogen-bond acceptors (Lipinski definition) is 2. The van der Waals surface area contributed by atoms with Crippen molar-refractivity contribution in [3.8, 4) is 0 Å². The standard InChI is InChI=1S/C10H21ClN2/c1-10-9-12(2)7-8-13(10)6-4-3-5-11/h10H,3-9H2,1-2H3. The van der Waals surface area contributed by atoms with Gasteiger partial charge in [-0.25, -0.2) is 0 Å². The molecular weight excluding hydrogens is 184 g/mol. The topological polar surface area (TPSA) is 6.48 Å². The molecule has 0 saturated carbocycles. The number of piperazine rings is 1. The first-order chi connectivity index (χ1) is 6.24. The molecule has 1 saturated heterocycles. The molecule has 1 aliphatic heterocycles. The minimum atomic E-state index is 0.717. The fourth-order valence-corrected chi connectivity index (χ4v) is 2.11. The van der Waals surface area contributed by atoms with Crippen LogP contribution >= 0.6 is 11.6 Å². The molecule has 0 N–H and O–H groups in total. The van der Waals surface area contributed by atoms with Crippen molar-refractivity contribution in [1.82, 2.24) is 9.80 Å². The van der Waals surface area contributed by atoms with Crippen LogP contribution in [0.25, 0.3) is 0 Å². The number of nitrogens with zero attached hydrogens (tertiary/aromatic N) is 2. The molecule has 78 valence electrons. The molecule has 0 aromatic heterocycles. The van der Waals surface area contributed by atoms with Crippen LogP contribution in [0.15, 0.2) is 0 Å². The van der Waals surface area contributed by atoms with Crippen LogP contribution in [0.3, 0.4) is 0 Å². The molecule has 0 aliphatic carbocycles. The van der Waals surface area contributed by atoms with Gasteiger partial charge in [-0.2, -0.15) is 0 Å². The molecule has 0 aromatic carbocycles. The first-order valence-corrected chi connectivity index (χ1v) is 5.76. The highest BCUT2D eigenvalue weighted by Crippen LogP contribution is 2.08. The number of unbranched alkanes of at least 4 members (excludes halogenated alkanes) is 1. The van der Waals surface area contributed by atoms with Gasteiger partial charge in [0.25, 0.3) is 0 Å². The van der Waals surface area contributed by atoms with E-state index in [0.29, 0.717) is 6.04 Å². The zero-order chi connectivity index (χ0) is 9.68. The monoisotopic (exact) mass is 204 g/mol. The number of likely N-dealkylation sites (N-methyl/N-ethyl adjacent to an activating group) is 1. The van der Waals surface area contributed by atoms with Gasteiger partial charge in [0, 0.05) is 31.6 Å². The van der Waals surface area contributed by atoms with Crippen LogP contribution in [-0.4, -0.2) is 54.9 Å². The van der Waals surface area contributed by atoms with E-state index in [1.807, 2.05) is 0 Å². The lowest BCUT2D eigenvalue weighted by Gasteiger charge is -2.38. The van der Waals surface area contributed by atoms with Crippen molar-refractivity contribution >= 4 is 11.6 Å². The third-order valence-corrected chi connectivity index (χ3v) is 3.06. The van der Waals surface area contributed by atoms with Crippen molar-refractivity contribution in [3.05, 3.63) is 0 Å². The smallest absolute Gasteiger partial charge is 0.0223 e. The Kier molecular flexibility index (Phi) is 5.07. The highest BCUT2D eigenvalue weighted by molar-refractivity contribution is 6.17. The Morgan fingerprint density at radius 2 is 2.08 bits per heavy atom. The van der Waals surface area contributed by atoms with Gasteiger partial charge in [0.1, 0.15) is 0 Å². The van der Waals surface area contributed by atoms with Gasteiger partial charge in [0.2, 0.25) is 0 Å². The van der Waals surface area contributed by atoms with E-state index in [4.69, 9.17) is 11.6 Å². The molecule has 1 heterocycles. The molecule has 0 bridgehead atoms. The van der Waals surface area contributed by atoms with Crippen molar-refractivity contribution in [2.24, 2.45) is 0 Å². The number of halogens is 1. The van der Waals surface area contributed by atoms with E-state index in [9.17, 15) is 0 Å². The van der Waals surface area contributed by atoms with Crippen molar-refractivity contribution in [3.63, 3.8) is 0 Å². The predicted molar refractivity (Wildman–Crippen MR) is 58.5 cm³/mol. The third kappa shape index (κ3) is 3.84. The highest BCUT2D eigenvalue weighted by Gasteiger charge is 2.20. The summed E-state index contributed by atoms with van der Waals surface area (Å²) in [5, 5.41) is 0. The zero-order valence-corrected chi connectivity index (χ0v) is 9.56. The molecule has 1 fully saturated rings. The molecule has 3 heteroatoms. The maximum absolute atomic E-state index is 5.65. The van der Waals surface area contributed by atoms with Crippen molar-refractivity contribution in [2.75, 3.05) is 39.1 Å². The van der Waals surface area contributed by atoms with Crippen molar-refractivity contribution in [2.45, 2.75) is 25.8 Å². The lowest BCUT2D eigenvalue weighted by atomic mass is 10.2. The van der Waals surface area contributed by atoms with Crippen LogP contribution in [0.2, 0.25) is 0 Å². The van der Waals surface area contributed by atoms with E-state index in [-0.39, 0.29) is 0 Å². The first kappa shape index (κ1) is 11.3. The third-order valence-electron chi connectivity index (χ3n) is 2.80. The van der Waals surface area contributed by atoms with E-state index in [1.54, 1.807) is 0 Å². The highest BCUT2D eigenvalue weighted by atomic mass is 35.5. The molecule has 2 nitrogen and oxygen atoms in total. The molecule has 1 aliphatic rings. The fraction of sp³-hybridized carbons (Fsp3) is 1.00. The lowest BCUT2D eigenvalue weighted by Crippen LogP contribution is -2.50. The van der Waals surface area contributed by atoms with Gasteiger partial charge in [-0.1, -0.05) is 0 Å². The van der Waals surface area contributed by atoms with Crippen LogP contribution < -0.4 is 0 Å². The zero-order valence-electron chi connectivity index (χ0n) is 8.80. The van der Waals surface area contributed by atoms with Crippen LogP contribution in [-0.2, 0) is 0 Å². The van der Waals surface area contributed by atoms with E-state index < -0.39 is 0 Å². The molecule has 1 atom stereocenters. The normalized spacial score (nSPS) is 26.5. The number of rotatable bonds is 4. The Labute approximate surface area is 86.8 Å². The summed E-state index contributed by atoms with van der Waals surface area (Å²) in [5.41, 5.74) is 0. The number of hydrogen-bond donors (Lipinski definition) is 0. The second-order valence-corrected chi connectivity index (χ2v) is 4.42. The van der Waals surface area contributed by atoms with E-state index in [1.165, 1.54) is 32.6 Å². The Morgan fingerprint density at radius 3 is 2.69 bits per heavy atom. The Balaban J connectivity index is 2.18. The Morgan fingerprint density at radius 1 is 1.31 bits per heavy atom. The average Bonchev–Trinajstić information content (AvgIpc) is 2.09. The molecule has 0 radical (unpaired) electrons. The van der Waals surface area contributed by atoms with E-state index >= 15 is 0 Å². The SMILES string of the molecule is CC1CN(C)CCN1CCCCCl. The predicted octanol–water partition coefficient (Wildman–Crippen LogP) is 1.64. The second-order valence-electron chi connectivity index (χ2n) is 4.04. The van der Waals surface area contributed by atoms with Crippen molar-refractivity contribution < 1.29 is 0 Å². The summed E-state index contributed by atoms with van der Waals surface area (Å²) < 4.78 is 0. The first-order valence-electron chi connectivity index (χ1n) is 5.22. The van der Waals surface area contributed by atoms with Crippen LogP contribution in [0.5, 0.6) is 0 Å². The molecule has 13 heavy (non-hydrogen) atoms. The minimum absolute atomic E-state index is 0.717. The number of alkyl halides is 1. The van der Waals surface area contributed by atoms with Gasteiger partial charge in [-0.3, -0.25) is 4.90 Å². The Bertz CT molecular complexity index is 141. The second kappa shape index (κ2) is 5.84.